The number of aliphatic imine (C=N–C) groups is 1. The largest absolute Gasteiger partial charge is 0.290 e. The number of thioether (sulfide) groups is 1. The van der Waals surface area contributed by atoms with Crippen molar-refractivity contribution >= 4 is 28.3 Å². The first-order valence-corrected chi connectivity index (χ1v) is 12.3. The van der Waals surface area contributed by atoms with Crippen molar-refractivity contribution in [2.75, 3.05) is 6.26 Å². The lowest BCUT2D eigenvalue weighted by Gasteiger charge is -2.19. The van der Waals surface area contributed by atoms with Gasteiger partial charge in [-0.1, -0.05) is 60.7 Å². The summed E-state index contributed by atoms with van der Waals surface area (Å²) >= 11 is 1.32. The number of carbonyl (C=O) groups excluding carboxylic acids is 1. The van der Waals surface area contributed by atoms with Crippen molar-refractivity contribution in [1.82, 2.24) is 9.78 Å². The van der Waals surface area contributed by atoms with Crippen LogP contribution in [-0.4, -0.2) is 26.9 Å². The molecule has 1 atom stereocenters. The summed E-state index contributed by atoms with van der Waals surface area (Å²) in [4.78, 5) is 18.4. The summed E-state index contributed by atoms with van der Waals surface area (Å²) in [5.74, 6) is -1.33. The van der Waals surface area contributed by atoms with E-state index in [2.05, 4.69) is 23.2 Å². The smallest absolute Gasteiger partial charge is 0.207 e. The van der Waals surface area contributed by atoms with E-state index in [9.17, 15) is 10.1 Å². The fourth-order valence-corrected chi connectivity index (χ4v) is 4.96. The van der Waals surface area contributed by atoms with Gasteiger partial charge in [-0.3, -0.25) is 4.79 Å². The van der Waals surface area contributed by atoms with E-state index in [1.165, 1.54) is 17.3 Å². The van der Waals surface area contributed by atoms with Gasteiger partial charge in [-0.15, -0.1) is 11.8 Å². The van der Waals surface area contributed by atoms with Crippen LogP contribution in [0.4, 0.5) is 5.69 Å². The van der Waals surface area contributed by atoms with Crippen LogP contribution < -0.4 is 0 Å². The van der Waals surface area contributed by atoms with E-state index in [1.54, 1.807) is 0 Å². The number of aromatic nitrogens is 2. The molecule has 0 saturated carbocycles. The number of hydrogen-bond acceptors (Lipinski definition) is 5. The van der Waals surface area contributed by atoms with Gasteiger partial charge in [-0.25, -0.2) is 9.67 Å². The van der Waals surface area contributed by atoms with E-state index in [0.717, 1.165) is 28.9 Å². The van der Waals surface area contributed by atoms with E-state index in [4.69, 9.17) is 5.10 Å². The first kappa shape index (κ1) is 21.9. The number of hydrogen-bond donors (Lipinski definition) is 0. The summed E-state index contributed by atoms with van der Waals surface area (Å²) in [5.41, 5.74) is 6.09. The molecule has 0 radical (unpaired) electrons. The zero-order valence-corrected chi connectivity index (χ0v) is 19.5. The van der Waals surface area contributed by atoms with Crippen LogP contribution in [0, 0.1) is 17.2 Å². The maximum atomic E-state index is 13.8. The molecule has 0 aliphatic heterocycles. The van der Waals surface area contributed by atoms with Crippen LogP contribution in [0.3, 0.4) is 0 Å². The van der Waals surface area contributed by atoms with Crippen molar-refractivity contribution < 1.29 is 4.79 Å². The van der Waals surface area contributed by atoms with E-state index < -0.39 is 5.92 Å². The van der Waals surface area contributed by atoms with Gasteiger partial charge in [0.05, 0.1) is 28.2 Å². The zero-order chi connectivity index (χ0) is 23.5. The number of nitriles is 1. The lowest BCUT2D eigenvalue weighted by Crippen LogP contribution is -2.22. The standard InChI is InChI=1S/C28H22N4OS/c1-34-28(30-20-11-4-2-5-12-20)24(18-29)27(33)25-23-17-16-19-10-8-9-15-22(19)26(23)32(31-25)21-13-6-3-7-14-21/h2-15,24H,16-17H2,1H3. The molecule has 0 spiro atoms. The quantitative estimate of drug-likeness (QED) is 0.206. The molecule has 1 unspecified atom stereocenters. The molecule has 6 heteroatoms. The second-order valence-corrected chi connectivity index (χ2v) is 8.82. The van der Waals surface area contributed by atoms with Crippen molar-refractivity contribution in [2.24, 2.45) is 10.9 Å². The fraction of sp³-hybridized carbons (Fsp3) is 0.143. The predicted molar refractivity (Wildman–Crippen MR) is 137 cm³/mol. The van der Waals surface area contributed by atoms with Gasteiger partial charge < -0.3 is 0 Å². The van der Waals surface area contributed by atoms with Gasteiger partial charge in [0.25, 0.3) is 0 Å². The molecule has 5 rings (SSSR count). The van der Waals surface area contributed by atoms with Gasteiger partial charge in [-0.05, 0) is 48.9 Å². The molecule has 3 aromatic carbocycles. The number of para-hydroxylation sites is 2. The number of ketones is 1. The minimum atomic E-state index is -1.02. The molecule has 0 N–H and O–H groups in total. The van der Waals surface area contributed by atoms with E-state index >= 15 is 0 Å². The zero-order valence-electron chi connectivity index (χ0n) is 18.7. The van der Waals surface area contributed by atoms with E-state index in [1.807, 2.05) is 83.7 Å². The Morgan fingerprint density at radius 2 is 1.68 bits per heavy atom. The number of nitrogens with zero attached hydrogens (tertiary/aromatic N) is 4. The Hall–Kier alpha value is -3.95. The third kappa shape index (κ3) is 3.95. The molecule has 4 aromatic rings. The maximum Gasteiger partial charge on any atom is 0.207 e. The minimum absolute atomic E-state index is 0.308. The molecule has 1 aliphatic rings. The number of fused-ring (bicyclic) bond motifs is 3. The lowest BCUT2D eigenvalue weighted by molar-refractivity contribution is 0.0970. The highest BCUT2D eigenvalue weighted by atomic mass is 32.2. The lowest BCUT2D eigenvalue weighted by atomic mass is 9.87. The van der Waals surface area contributed by atoms with Gasteiger partial charge in [0, 0.05) is 11.1 Å². The summed E-state index contributed by atoms with van der Waals surface area (Å²) in [6, 6.07) is 29.7. The summed E-state index contributed by atoms with van der Waals surface area (Å²) < 4.78 is 1.85. The Bertz CT molecular complexity index is 1420. The van der Waals surface area contributed by atoms with Crippen LogP contribution in [0.25, 0.3) is 16.9 Å². The highest BCUT2D eigenvalue weighted by molar-refractivity contribution is 8.13. The Morgan fingerprint density at radius 3 is 2.38 bits per heavy atom. The van der Waals surface area contributed by atoms with Gasteiger partial charge in [-0.2, -0.15) is 10.4 Å². The topological polar surface area (TPSA) is 71.0 Å². The molecule has 1 aromatic heterocycles. The second kappa shape index (κ2) is 9.50. The SMILES string of the molecule is CSC(=Nc1ccccc1)C(C#N)C(=O)c1nn(-c2ccccc2)c2c1CCc1ccccc1-2. The molecular weight excluding hydrogens is 440 g/mol. The van der Waals surface area contributed by atoms with Gasteiger partial charge in [0.1, 0.15) is 5.69 Å². The van der Waals surface area contributed by atoms with Crippen LogP contribution in [0.2, 0.25) is 0 Å². The summed E-state index contributed by atoms with van der Waals surface area (Å²) in [7, 11) is 0. The Kier molecular flexibility index (Phi) is 6.11. The van der Waals surface area contributed by atoms with Crippen LogP contribution in [0.5, 0.6) is 0 Å². The molecular formula is C28H22N4OS. The molecule has 34 heavy (non-hydrogen) atoms. The molecule has 1 aliphatic carbocycles. The van der Waals surface area contributed by atoms with Crippen LogP contribution in [0.1, 0.15) is 21.6 Å². The monoisotopic (exact) mass is 462 g/mol. The van der Waals surface area contributed by atoms with E-state index in [0.29, 0.717) is 22.8 Å². The first-order chi connectivity index (χ1) is 16.7. The molecule has 0 bridgehead atoms. The summed E-state index contributed by atoms with van der Waals surface area (Å²) in [5, 5.41) is 15.3. The highest BCUT2D eigenvalue weighted by Crippen LogP contribution is 2.38. The van der Waals surface area contributed by atoms with Crippen molar-refractivity contribution in [2.45, 2.75) is 12.8 Å². The second-order valence-electron chi connectivity index (χ2n) is 8.00. The predicted octanol–water partition coefficient (Wildman–Crippen LogP) is 6.05. The molecule has 0 amide bonds. The number of benzene rings is 3. The minimum Gasteiger partial charge on any atom is -0.290 e. The van der Waals surface area contributed by atoms with E-state index in [-0.39, 0.29) is 5.78 Å². The summed E-state index contributed by atoms with van der Waals surface area (Å²) in [6.07, 6.45) is 3.37. The average molecular weight is 463 g/mol. The number of aryl methyl sites for hydroxylation is 1. The van der Waals surface area contributed by atoms with Crippen LogP contribution in [-0.2, 0) is 12.8 Å². The summed E-state index contributed by atoms with van der Waals surface area (Å²) in [6.45, 7) is 0. The third-order valence-corrected chi connectivity index (χ3v) is 6.72. The molecule has 5 nitrogen and oxygen atoms in total. The number of Topliss-reactive ketones (excluding diaryl/α,β-unsaturated/α-hetero) is 1. The van der Waals surface area contributed by atoms with Crippen molar-refractivity contribution in [1.29, 1.82) is 5.26 Å². The van der Waals surface area contributed by atoms with Gasteiger partial charge in [0.2, 0.25) is 5.78 Å². The Morgan fingerprint density at radius 1 is 1.00 bits per heavy atom. The van der Waals surface area contributed by atoms with Crippen molar-refractivity contribution in [3.8, 4) is 23.0 Å². The fourth-order valence-electron chi connectivity index (χ4n) is 4.37. The Balaban J connectivity index is 1.65. The van der Waals surface area contributed by atoms with Crippen LogP contribution in [0.15, 0.2) is 89.9 Å². The Labute approximate surface area is 202 Å². The third-order valence-electron chi connectivity index (χ3n) is 5.98. The van der Waals surface area contributed by atoms with Crippen LogP contribution >= 0.6 is 11.8 Å². The molecule has 166 valence electrons. The average Bonchev–Trinajstić information content (AvgIpc) is 3.30. The molecule has 0 saturated heterocycles. The first-order valence-electron chi connectivity index (χ1n) is 11.1. The van der Waals surface area contributed by atoms with Gasteiger partial charge in [0.15, 0.2) is 5.92 Å². The van der Waals surface area contributed by atoms with Crippen molar-refractivity contribution in [3.63, 3.8) is 0 Å². The highest BCUT2D eigenvalue weighted by Gasteiger charge is 2.34. The van der Waals surface area contributed by atoms with Gasteiger partial charge >= 0.3 is 0 Å². The number of carbonyl (C=O) groups is 1. The van der Waals surface area contributed by atoms with Crippen molar-refractivity contribution in [3.05, 3.63) is 102 Å². The molecule has 0 fully saturated rings. The normalized spacial score (nSPS) is 13.5. The number of rotatable bonds is 5. The maximum absolute atomic E-state index is 13.8. The molecule has 1 heterocycles.